The van der Waals surface area contributed by atoms with Crippen LogP contribution in [-0.2, 0) is 0 Å². The zero-order valence-corrected chi connectivity index (χ0v) is 13.8. The molecule has 4 aromatic rings. The summed E-state index contributed by atoms with van der Waals surface area (Å²) >= 11 is 3.29. The van der Waals surface area contributed by atoms with Crippen LogP contribution in [0.5, 0.6) is 5.75 Å². The van der Waals surface area contributed by atoms with Crippen molar-refractivity contribution in [1.29, 1.82) is 0 Å². The van der Waals surface area contributed by atoms with E-state index in [1.807, 2.05) is 18.2 Å². The highest BCUT2D eigenvalue weighted by Gasteiger charge is 2.01. The minimum Gasteiger partial charge on any atom is -0.507 e. The maximum Gasteiger partial charge on any atom is 0.339 e. The second-order valence-corrected chi connectivity index (χ2v) is 5.71. The van der Waals surface area contributed by atoms with E-state index in [1.54, 1.807) is 30.3 Å². The van der Waals surface area contributed by atoms with Crippen molar-refractivity contribution in [3.05, 3.63) is 86.0 Å². The van der Waals surface area contributed by atoms with Gasteiger partial charge in [-0.1, -0.05) is 30.3 Å². The Balaban J connectivity index is 0.000000141. The number of para-hydroxylation sites is 2. The van der Waals surface area contributed by atoms with Gasteiger partial charge in [-0.3, -0.25) is 0 Å². The van der Waals surface area contributed by atoms with E-state index in [1.165, 1.54) is 6.07 Å². The number of hydrogen-bond acceptors (Lipinski definition) is 5. The smallest absolute Gasteiger partial charge is 0.339 e. The summed E-state index contributed by atoms with van der Waals surface area (Å²) in [6, 6.07) is 16.7. The van der Waals surface area contributed by atoms with Crippen molar-refractivity contribution in [3.8, 4) is 5.75 Å². The van der Waals surface area contributed by atoms with Crippen molar-refractivity contribution < 1.29 is 13.9 Å². The van der Waals surface area contributed by atoms with Crippen LogP contribution in [0.15, 0.2) is 83.6 Å². The second-order valence-electron chi connectivity index (χ2n) is 4.86. The zero-order chi connectivity index (χ0) is 17.1. The first-order chi connectivity index (χ1) is 11.5. The second kappa shape index (κ2) is 6.72. The van der Waals surface area contributed by atoms with Crippen molar-refractivity contribution in [2.45, 2.75) is 0 Å². The predicted molar refractivity (Wildman–Crippen MR) is 94.3 cm³/mol. The van der Waals surface area contributed by atoms with Crippen LogP contribution in [0.3, 0.4) is 0 Å². The highest BCUT2D eigenvalue weighted by Crippen LogP contribution is 2.21. The van der Waals surface area contributed by atoms with Gasteiger partial charge in [-0.25, -0.2) is 9.59 Å². The molecule has 1 N–H and O–H groups in total. The van der Waals surface area contributed by atoms with E-state index in [-0.39, 0.29) is 11.4 Å². The minimum atomic E-state index is -0.536. The molecule has 2 aromatic carbocycles. The van der Waals surface area contributed by atoms with Gasteiger partial charge in [-0.15, -0.1) is 0 Å². The molecule has 0 saturated heterocycles. The van der Waals surface area contributed by atoms with Gasteiger partial charge in [-0.05, 0) is 34.1 Å². The van der Waals surface area contributed by atoms with E-state index in [2.05, 4.69) is 15.9 Å². The summed E-state index contributed by atoms with van der Waals surface area (Å²) in [5.41, 5.74) is 0.145. The fourth-order valence-corrected chi connectivity index (χ4v) is 2.68. The van der Waals surface area contributed by atoms with Crippen molar-refractivity contribution in [2.24, 2.45) is 0 Å². The third-order valence-corrected chi connectivity index (χ3v) is 3.88. The number of halogens is 1. The molecule has 6 heteroatoms. The lowest BCUT2D eigenvalue weighted by atomic mass is 10.2. The first kappa shape index (κ1) is 16.0. The monoisotopic (exact) mass is 386 g/mol. The van der Waals surface area contributed by atoms with E-state index < -0.39 is 5.63 Å². The minimum absolute atomic E-state index is 0.0400. The van der Waals surface area contributed by atoms with Crippen LogP contribution in [0, 0.1) is 0 Å². The molecule has 0 saturated carbocycles. The standard InChI is InChI=1S/C9H5BrO2.C9H6O3/c2*10-7-5-9(11)12-8-4-2-1-3-6(7)8/h1-5H;1-5,10H. The van der Waals surface area contributed by atoms with Crippen LogP contribution in [0.4, 0.5) is 0 Å². The highest BCUT2D eigenvalue weighted by atomic mass is 79.9. The molecule has 0 spiro atoms. The average molecular weight is 387 g/mol. The summed E-state index contributed by atoms with van der Waals surface area (Å²) in [6.07, 6.45) is 0. The summed E-state index contributed by atoms with van der Waals surface area (Å²) in [5, 5.41) is 10.8. The lowest BCUT2D eigenvalue weighted by molar-refractivity contribution is 0.468. The van der Waals surface area contributed by atoms with Crippen molar-refractivity contribution in [2.75, 3.05) is 0 Å². The fourth-order valence-electron chi connectivity index (χ4n) is 2.17. The molecule has 2 heterocycles. The third-order valence-electron chi connectivity index (χ3n) is 3.23. The molecule has 2 aromatic heterocycles. The Morgan fingerprint density at radius 1 is 0.750 bits per heavy atom. The van der Waals surface area contributed by atoms with Gasteiger partial charge in [0.1, 0.15) is 16.9 Å². The Morgan fingerprint density at radius 2 is 1.25 bits per heavy atom. The molecule has 0 aliphatic rings. The molecule has 0 bridgehead atoms. The van der Waals surface area contributed by atoms with Gasteiger partial charge in [-0.2, -0.15) is 0 Å². The van der Waals surface area contributed by atoms with Crippen molar-refractivity contribution >= 4 is 37.9 Å². The molecule has 0 unspecified atom stereocenters. The maximum atomic E-state index is 10.9. The summed E-state index contributed by atoms with van der Waals surface area (Å²) in [7, 11) is 0. The van der Waals surface area contributed by atoms with Crippen LogP contribution >= 0.6 is 15.9 Å². The quantitative estimate of drug-likeness (QED) is 0.461. The van der Waals surface area contributed by atoms with Gasteiger partial charge in [0.15, 0.2) is 0 Å². The Hall–Kier alpha value is -2.86. The van der Waals surface area contributed by atoms with Crippen molar-refractivity contribution in [1.82, 2.24) is 0 Å². The largest absolute Gasteiger partial charge is 0.507 e. The molecule has 0 amide bonds. The average Bonchev–Trinajstić information content (AvgIpc) is 2.55. The molecular weight excluding hydrogens is 376 g/mol. The lowest BCUT2D eigenvalue weighted by Crippen LogP contribution is -1.95. The molecule has 0 radical (unpaired) electrons. The summed E-state index contributed by atoms with van der Waals surface area (Å²) in [6.45, 7) is 0. The van der Waals surface area contributed by atoms with Gasteiger partial charge >= 0.3 is 11.3 Å². The van der Waals surface area contributed by atoms with Crippen LogP contribution in [-0.4, -0.2) is 5.11 Å². The van der Waals surface area contributed by atoms with Gasteiger partial charge in [0.2, 0.25) is 0 Å². The van der Waals surface area contributed by atoms with Gasteiger partial charge in [0.05, 0.1) is 11.5 Å². The van der Waals surface area contributed by atoms with E-state index in [9.17, 15) is 14.7 Å². The Bertz CT molecular complexity index is 1040. The van der Waals surface area contributed by atoms with E-state index in [4.69, 9.17) is 8.83 Å². The Morgan fingerprint density at radius 3 is 1.92 bits per heavy atom. The fraction of sp³-hybridized carbons (Fsp3) is 0. The van der Waals surface area contributed by atoms with Crippen LogP contribution < -0.4 is 11.3 Å². The lowest BCUT2D eigenvalue weighted by Gasteiger charge is -1.96. The summed E-state index contributed by atoms with van der Waals surface area (Å²) in [4.78, 5) is 21.7. The van der Waals surface area contributed by atoms with Gasteiger partial charge in [0, 0.05) is 15.9 Å². The topological polar surface area (TPSA) is 80.7 Å². The molecule has 0 aliphatic carbocycles. The first-order valence-corrected chi connectivity index (χ1v) is 7.74. The molecule has 0 fully saturated rings. The summed E-state index contributed by atoms with van der Waals surface area (Å²) in [5.74, 6) is -0.0400. The summed E-state index contributed by atoms with van der Waals surface area (Å²) < 4.78 is 10.6. The van der Waals surface area contributed by atoms with Gasteiger partial charge in [0.25, 0.3) is 0 Å². The molecule has 5 nitrogen and oxygen atoms in total. The Labute approximate surface area is 143 Å². The van der Waals surface area contributed by atoms with Crippen LogP contribution in [0.25, 0.3) is 21.9 Å². The van der Waals surface area contributed by atoms with Crippen molar-refractivity contribution in [3.63, 3.8) is 0 Å². The van der Waals surface area contributed by atoms with Gasteiger partial charge < -0.3 is 13.9 Å². The molecule has 24 heavy (non-hydrogen) atoms. The number of hydrogen-bond donors (Lipinski definition) is 1. The molecule has 0 aliphatic heterocycles. The number of fused-ring (bicyclic) bond motifs is 2. The number of rotatable bonds is 0. The normalized spacial score (nSPS) is 10.4. The molecule has 4 rings (SSSR count). The van der Waals surface area contributed by atoms with Crippen LogP contribution in [0.1, 0.15) is 0 Å². The predicted octanol–water partition coefficient (Wildman–Crippen LogP) is 4.05. The molecule has 0 atom stereocenters. The van der Waals surface area contributed by atoms with E-state index in [0.717, 1.165) is 15.9 Å². The molecule has 120 valence electrons. The number of aromatic hydroxyl groups is 1. The van der Waals surface area contributed by atoms with Crippen LogP contribution in [0.2, 0.25) is 0 Å². The first-order valence-electron chi connectivity index (χ1n) is 6.95. The Kier molecular flexibility index (Phi) is 4.48. The molecular formula is C18H11BrO5. The highest BCUT2D eigenvalue weighted by molar-refractivity contribution is 9.10. The van der Waals surface area contributed by atoms with E-state index in [0.29, 0.717) is 16.6 Å². The van der Waals surface area contributed by atoms with E-state index >= 15 is 0 Å². The maximum absolute atomic E-state index is 10.9. The third kappa shape index (κ3) is 3.38. The zero-order valence-electron chi connectivity index (χ0n) is 12.2. The SMILES string of the molecule is O=c1cc(Br)c2ccccc2o1.O=c1cc(O)c2ccccc2o1. The number of benzene rings is 2.